The van der Waals surface area contributed by atoms with Crippen molar-refractivity contribution < 1.29 is 13.9 Å². The maximum Gasteiger partial charge on any atom is 0.338 e. The van der Waals surface area contributed by atoms with Gasteiger partial charge in [-0.05, 0) is 50.4 Å². The Morgan fingerprint density at radius 3 is 2.74 bits per heavy atom. The zero-order valence-electron chi connectivity index (χ0n) is 16.9. The van der Waals surface area contributed by atoms with Crippen molar-refractivity contribution in [2.45, 2.75) is 32.9 Å². The van der Waals surface area contributed by atoms with Crippen molar-refractivity contribution in [3.63, 3.8) is 0 Å². The average Bonchev–Trinajstić information content (AvgIpc) is 3.32. The molecule has 0 fully saturated rings. The Balaban J connectivity index is 1.96. The summed E-state index contributed by atoms with van der Waals surface area (Å²) in [5, 5.41) is 2.09. The van der Waals surface area contributed by atoms with Crippen LogP contribution in [0.2, 0.25) is 5.02 Å². The molecule has 1 aliphatic rings. The maximum absolute atomic E-state index is 14.3. The molecule has 31 heavy (non-hydrogen) atoms. The van der Waals surface area contributed by atoms with Crippen molar-refractivity contribution in [1.82, 2.24) is 4.57 Å². The molecule has 0 N–H and O–H groups in total. The molecule has 160 valence electrons. The molecule has 4 rings (SSSR count). The summed E-state index contributed by atoms with van der Waals surface area (Å²) >= 11 is 8.70. The predicted octanol–water partition coefficient (Wildman–Crippen LogP) is 4.04. The quantitative estimate of drug-likeness (QED) is 0.534. The molecule has 1 aromatic carbocycles. The largest absolute Gasteiger partial charge is 0.459 e. The lowest BCUT2D eigenvalue weighted by Gasteiger charge is -2.24. The van der Waals surface area contributed by atoms with E-state index in [1.165, 1.54) is 34.1 Å². The Morgan fingerprint density at radius 1 is 1.32 bits per heavy atom. The minimum atomic E-state index is -0.666. The highest BCUT2D eigenvalue weighted by Crippen LogP contribution is 2.33. The van der Waals surface area contributed by atoms with E-state index >= 15 is 0 Å². The van der Waals surface area contributed by atoms with E-state index in [1.807, 2.05) is 17.5 Å². The van der Waals surface area contributed by atoms with Crippen LogP contribution in [0, 0.1) is 5.82 Å². The highest BCUT2D eigenvalue weighted by Gasteiger charge is 2.34. The Kier molecular flexibility index (Phi) is 5.96. The minimum absolute atomic E-state index is 0.136. The van der Waals surface area contributed by atoms with Crippen LogP contribution >= 0.6 is 34.3 Å². The molecule has 2 aromatic heterocycles. The lowest BCUT2D eigenvalue weighted by Crippen LogP contribution is -2.39. The predicted molar refractivity (Wildman–Crippen MR) is 121 cm³/mol. The van der Waals surface area contributed by atoms with Crippen LogP contribution in [-0.2, 0) is 9.53 Å². The zero-order chi connectivity index (χ0) is 22.3. The van der Waals surface area contributed by atoms with Gasteiger partial charge in [-0.15, -0.1) is 11.3 Å². The number of carbonyl (C=O) groups excluding carboxylic acids is 1. The first-order chi connectivity index (χ1) is 14.8. The number of benzene rings is 1. The lowest BCUT2D eigenvalue weighted by atomic mass is 10.0. The van der Waals surface area contributed by atoms with Crippen LogP contribution in [0.1, 0.15) is 37.3 Å². The number of nitrogens with zero attached hydrogens (tertiary/aromatic N) is 2. The summed E-state index contributed by atoms with van der Waals surface area (Å²) in [4.78, 5) is 32.0. The van der Waals surface area contributed by atoms with E-state index in [2.05, 4.69) is 4.99 Å². The summed E-state index contributed by atoms with van der Waals surface area (Å²) in [5.41, 5.74) is 0.570. The number of hydrogen-bond donors (Lipinski definition) is 0. The number of aromatic nitrogens is 1. The van der Waals surface area contributed by atoms with E-state index in [1.54, 1.807) is 26.8 Å². The molecule has 3 heterocycles. The van der Waals surface area contributed by atoms with Crippen molar-refractivity contribution in [3.05, 3.63) is 88.0 Å². The number of esters is 1. The maximum atomic E-state index is 14.3. The van der Waals surface area contributed by atoms with Gasteiger partial charge in [0.15, 0.2) is 4.80 Å². The van der Waals surface area contributed by atoms with E-state index in [0.29, 0.717) is 16.1 Å². The molecule has 0 saturated heterocycles. The van der Waals surface area contributed by atoms with Crippen LogP contribution in [0.5, 0.6) is 0 Å². The van der Waals surface area contributed by atoms with Gasteiger partial charge in [0.1, 0.15) is 11.9 Å². The number of thiophene rings is 1. The summed E-state index contributed by atoms with van der Waals surface area (Å²) < 4.78 is 21.5. The molecule has 0 radical (unpaired) electrons. The Hall–Kier alpha value is -2.55. The second kappa shape index (κ2) is 8.53. The molecule has 0 spiro atoms. The molecule has 0 bridgehead atoms. The zero-order valence-corrected chi connectivity index (χ0v) is 19.3. The van der Waals surface area contributed by atoms with Gasteiger partial charge in [0.25, 0.3) is 5.56 Å². The number of ether oxygens (including phenoxy) is 1. The number of rotatable bonds is 4. The van der Waals surface area contributed by atoms with Gasteiger partial charge >= 0.3 is 5.97 Å². The minimum Gasteiger partial charge on any atom is -0.459 e. The van der Waals surface area contributed by atoms with E-state index in [0.717, 1.165) is 16.2 Å². The van der Waals surface area contributed by atoms with Gasteiger partial charge in [0, 0.05) is 10.4 Å². The van der Waals surface area contributed by atoms with Crippen molar-refractivity contribution in [2.75, 3.05) is 0 Å². The molecule has 0 aliphatic carbocycles. The number of thiazole rings is 1. The van der Waals surface area contributed by atoms with Crippen molar-refractivity contribution in [1.29, 1.82) is 0 Å². The number of carbonyl (C=O) groups is 1. The second-order valence-corrected chi connectivity index (χ2v) is 9.58. The molecule has 1 atom stereocenters. The van der Waals surface area contributed by atoms with Crippen LogP contribution < -0.4 is 14.9 Å². The summed E-state index contributed by atoms with van der Waals surface area (Å²) in [6.07, 6.45) is 1.11. The van der Waals surface area contributed by atoms with E-state index in [-0.39, 0.29) is 26.8 Å². The smallest absolute Gasteiger partial charge is 0.338 e. The third kappa shape index (κ3) is 4.03. The van der Waals surface area contributed by atoms with Crippen molar-refractivity contribution in [2.24, 2.45) is 4.99 Å². The van der Waals surface area contributed by atoms with Crippen molar-refractivity contribution in [3.8, 4) is 0 Å². The molecule has 3 aromatic rings. The topological polar surface area (TPSA) is 60.7 Å². The Bertz CT molecular complexity index is 1350. The SMILES string of the molecule is CC1=C(C(=O)OC(C)C)[C@H](c2cccs2)n2c(s/c(=C/c3c(F)cccc3Cl)c2=O)=N1. The van der Waals surface area contributed by atoms with Crippen molar-refractivity contribution >= 4 is 46.3 Å². The van der Waals surface area contributed by atoms with Gasteiger partial charge in [-0.3, -0.25) is 9.36 Å². The van der Waals surface area contributed by atoms with Gasteiger partial charge in [-0.1, -0.05) is 35.1 Å². The number of halogens is 2. The number of hydrogen-bond acceptors (Lipinski definition) is 6. The van der Waals surface area contributed by atoms with E-state index < -0.39 is 17.8 Å². The third-order valence-electron chi connectivity index (χ3n) is 4.67. The van der Waals surface area contributed by atoms with Gasteiger partial charge in [-0.25, -0.2) is 14.2 Å². The summed E-state index contributed by atoms with van der Waals surface area (Å²) in [5.74, 6) is -1.04. The Morgan fingerprint density at radius 2 is 2.10 bits per heavy atom. The fourth-order valence-corrected chi connectivity index (χ4v) is 5.43. The fourth-order valence-electron chi connectivity index (χ4n) is 3.36. The van der Waals surface area contributed by atoms with Gasteiger partial charge < -0.3 is 4.74 Å². The molecule has 9 heteroatoms. The van der Waals surface area contributed by atoms with Gasteiger partial charge in [0.2, 0.25) is 0 Å². The summed E-state index contributed by atoms with van der Waals surface area (Å²) in [6, 6.07) is 7.40. The molecular weight excluding hydrogens is 459 g/mol. The average molecular weight is 477 g/mol. The third-order valence-corrected chi connectivity index (χ3v) is 6.91. The second-order valence-electron chi connectivity index (χ2n) is 7.19. The monoisotopic (exact) mass is 476 g/mol. The molecule has 5 nitrogen and oxygen atoms in total. The molecule has 0 amide bonds. The number of allylic oxidation sites excluding steroid dienone is 1. The van der Waals surface area contributed by atoms with E-state index in [9.17, 15) is 14.0 Å². The van der Waals surface area contributed by atoms with E-state index in [4.69, 9.17) is 16.3 Å². The normalized spacial score (nSPS) is 16.5. The van der Waals surface area contributed by atoms with Crippen LogP contribution in [-0.4, -0.2) is 16.6 Å². The van der Waals surface area contributed by atoms with Gasteiger partial charge in [-0.2, -0.15) is 0 Å². The first-order valence-electron chi connectivity index (χ1n) is 9.49. The van der Waals surface area contributed by atoms with Crippen LogP contribution in [0.4, 0.5) is 4.39 Å². The van der Waals surface area contributed by atoms with Crippen LogP contribution in [0.25, 0.3) is 6.08 Å². The molecule has 1 aliphatic heterocycles. The first-order valence-corrected chi connectivity index (χ1v) is 11.6. The highest BCUT2D eigenvalue weighted by molar-refractivity contribution is 7.10. The lowest BCUT2D eigenvalue weighted by molar-refractivity contribution is -0.143. The number of fused-ring (bicyclic) bond motifs is 1. The van der Waals surface area contributed by atoms with Gasteiger partial charge in [0.05, 0.1) is 26.9 Å². The standard InChI is InChI=1S/C22H18ClFN2O3S2/c1-11(2)29-21(28)18-12(3)25-22-26(19(18)16-8-5-9-30-16)20(27)17(31-22)10-13-14(23)6-4-7-15(13)24/h4-11,19H,1-3H3/b17-10+/t19-/m0/s1. The fraction of sp³-hybridized carbons (Fsp3) is 0.227. The first kappa shape index (κ1) is 21.7. The molecule has 0 unspecified atom stereocenters. The van der Waals surface area contributed by atoms with Crippen LogP contribution in [0.15, 0.2) is 56.8 Å². The highest BCUT2D eigenvalue weighted by atomic mass is 35.5. The molecular formula is C22H18ClFN2O3S2. The Labute approximate surface area is 190 Å². The summed E-state index contributed by atoms with van der Waals surface area (Å²) in [6.45, 7) is 5.25. The molecule has 0 saturated carbocycles. The van der Waals surface area contributed by atoms with Crippen LogP contribution in [0.3, 0.4) is 0 Å². The summed E-state index contributed by atoms with van der Waals surface area (Å²) in [7, 11) is 0.